The van der Waals surface area contributed by atoms with Crippen LogP contribution in [0.2, 0.25) is 0 Å². The van der Waals surface area contributed by atoms with Gasteiger partial charge in [-0.2, -0.15) is 0 Å². The van der Waals surface area contributed by atoms with E-state index in [1.54, 1.807) is 6.20 Å². The van der Waals surface area contributed by atoms with E-state index in [1.807, 2.05) is 24.3 Å². The maximum atomic E-state index is 5.74. The molecule has 3 N–H and O–H groups in total. The highest BCUT2D eigenvalue weighted by Gasteiger charge is 2.25. The Morgan fingerprint density at radius 3 is 2.69 bits per heavy atom. The Morgan fingerprint density at radius 1 is 1.19 bits per heavy atom. The summed E-state index contributed by atoms with van der Waals surface area (Å²) in [5.41, 5.74) is 7.59. The molecule has 4 nitrogen and oxygen atoms in total. The number of nitrogens with zero attached hydrogens (tertiary/aromatic N) is 2. The zero-order valence-corrected chi connectivity index (χ0v) is 8.93. The van der Waals surface area contributed by atoms with E-state index in [1.165, 1.54) is 0 Å². The fraction of sp³-hybridized carbons (Fsp3) is 0.333. The van der Waals surface area contributed by atoms with Gasteiger partial charge in [0, 0.05) is 12.1 Å². The summed E-state index contributed by atoms with van der Waals surface area (Å²) in [5.74, 6) is 0.843. The fourth-order valence-electron chi connectivity index (χ4n) is 2.02. The molecular formula is C12H14N4. The third-order valence-corrected chi connectivity index (χ3v) is 2.98. The molecule has 0 spiro atoms. The van der Waals surface area contributed by atoms with Crippen molar-refractivity contribution in [1.29, 1.82) is 0 Å². The van der Waals surface area contributed by atoms with Crippen LogP contribution in [0.15, 0.2) is 30.5 Å². The number of anilines is 1. The Hall–Kier alpha value is -1.68. The van der Waals surface area contributed by atoms with E-state index in [0.717, 1.165) is 29.7 Å². The van der Waals surface area contributed by atoms with Gasteiger partial charge in [0.1, 0.15) is 5.82 Å². The minimum absolute atomic E-state index is 0.353. The van der Waals surface area contributed by atoms with Gasteiger partial charge in [0.05, 0.1) is 17.2 Å². The zero-order chi connectivity index (χ0) is 11.0. The van der Waals surface area contributed by atoms with Crippen molar-refractivity contribution >= 4 is 16.9 Å². The monoisotopic (exact) mass is 214 g/mol. The van der Waals surface area contributed by atoms with Crippen LogP contribution in [0, 0.1) is 0 Å². The topological polar surface area (TPSA) is 63.8 Å². The van der Waals surface area contributed by atoms with Crippen molar-refractivity contribution in [2.45, 2.75) is 24.9 Å². The van der Waals surface area contributed by atoms with Gasteiger partial charge < -0.3 is 11.1 Å². The number of fused-ring (bicyclic) bond motifs is 1. The number of nitrogens with two attached hydrogens (primary N) is 1. The van der Waals surface area contributed by atoms with Gasteiger partial charge in [0.25, 0.3) is 0 Å². The third-order valence-electron chi connectivity index (χ3n) is 2.98. The second-order valence-electron chi connectivity index (χ2n) is 4.32. The Bertz CT molecular complexity index is 505. The van der Waals surface area contributed by atoms with E-state index in [4.69, 9.17) is 5.73 Å². The van der Waals surface area contributed by atoms with Gasteiger partial charge in [-0.1, -0.05) is 12.1 Å². The summed E-state index contributed by atoms with van der Waals surface area (Å²) in [6.07, 6.45) is 3.83. The van der Waals surface area contributed by atoms with Gasteiger partial charge in [-0.05, 0) is 25.0 Å². The van der Waals surface area contributed by atoms with Crippen molar-refractivity contribution in [1.82, 2.24) is 9.97 Å². The highest BCUT2D eigenvalue weighted by atomic mass is 15.1. The predicted octanol–water partition coefficient (Wildman–Crippen LogP) is 1.53. The summed E-state index contributed by atoms with van der Waals surface area (Å²) in [4.78, 5) is 8.86. The summed E-state index contributed by atoms with van der Waals surface area (Å²) >= 11 is 0. The normalized spacial score (nSPS) is 24.1. The van der Waals surface area contributed by atoms with Crippen LogP contribution in [-0.2, 0) is 0 Å². The molecule has 1 aromatic heterocycles. The van der Waals surface area contributed by atoms with Gasteiger partial charge in [-0.25, -0.2) is 4.98 Å². The second kappa shape index (κ2) is 3.72. The minimum Gasteiger partial charge on any atom is -0.366 e. The molecule has 3 rings (SSSR count). The SMILES string of the molecule is NC1CC(Nc2cnc3ccccc3n2)C1. The molecule has 82 valence electrons. The van der Waals surface area contributed by atoms with E-state index in [-0.39, 0.29) is 0 Å². The number of aromatic nitrogens is 2. The maximum absolute atomic E-state index is 5.74. The first-order valence-corrected chi connectivity index (χ1v) is 5.55. The lowest BCUT2D eigenvalue weighted by Gasteiger charge is -2.33. The second-order valence-corrected chi connectivity index (χ2v) is 4.32. The summed E-state index contributed by atoms with van der Waals surface area (Å²) in [6.45, 7) is 0. The van der Waals surface area contributed by atoms with Gasteiger partial charge in [0.15, 0.2) is 0 Å². The Morgan fingerprint density at radius 2 is 1.94 bits per heavy atom. The van der Waals surface area contributed by atoms with Gasteiger partial charge in [-0.3, -0.25) is 4.98 Å². The molecule has 1 aliphatic carbocycles. The molecular weight excluding hydrogens is 200 g/mol. The van der Waals surface area contributed by atoms with Crippen molar-refractivity contribution in [3.8, 4) is 0 Å². The average molecular weight is 214 g/mol. The quantitative estimate of drug-likeness (QED) is 0.795. The average Bonchev–Trinajstić information content (AvgIpc) is 2.27. The molecule has 1 aliphatic rings. The van der Waals surface area contributed by atoms with Crippen LogP contribution in [-0.4, -0.2) is 22.1 Å². The lowest BCUT2D eigenvalue weighted by Crippen LogP contribution is -2.44. The number of nitrogens with one attached hydrogen (secondary N) is 1. The summed E-state index contributed by atoms with van der Waals surface area (Å²) < 4.78 is 0. The minimum atomic E-state index is 0.353. The first-order valence-electron chi connectivity index (χ1n) is 5.55. The lowest BCUT2D eigenvalue weighted by molar-refractivity contribution is 0.373. The first-order chi connectivity index (χ1) is 7.81. The molecule has 2 aromatic rings. The van der Waals surface area contributed by atoms with Gasteiger partial charge >= 0.3 is 0 Å². The molecule has 0 saturated heterocycles. The first kappa shape index (κ1) is 9.54. The summed E-state index contributed by atoms with van der Waals surface area (Å²) in [6, 6.07) is 8.69. The smallest absolute Gasteiger partial charge is 0.145 e. The number of hydrogen-bond acceptors (Lipinski definition) is 4. The number of hydrogen-bond donors (Lipinski definition) is 2. The number of para-hydroxylation sites is 2. The highest BCUT2D eigenvalue weighted by Crippen LogP contribution is 2.22. The van der Waals surface area contributed by atoms with Crippen molar-refractivity contribution in [3.05, 3.63) is 30.5 Å². The molecule has 1 aromatic carbocycles. The molecule has 1 heterocycles. The van der Waals surface area contributed by atoms with Crippen LogP contribution in [0.1, 0.15) is 12.8 Å². The molecule has 0 aliphatic heterocycles. The van der Waals surface area contributed by atoms with Crippen LogP contribution in [0.4, 0.5) is 5.82 Å². The largest absolute Gasteiger partial charge is 0.366 e. The molecule has 1 saturated carbocycles. The number of rotatable bonds is 2. The van der Waals surface area contributed by atoms with E-state index < -0.39 is 0 Å². The van der Waals surface area contributed by atoms with Crippen LogP contribution in [0.3, 0.4) is 0 Å². The molecule has 0 bridgehead atoms. The molecule has 0 radical (unpaired) electrons. The van der Waals surface area contributed by atoms with Crippen LogP contribution < -0.4 is 11.1 Å². The van der Waals surface area contributed by atoms with E-state index in [9.17, 15) is 0 Å². The van der Waals surface area contributed by atoms with Crippen LogP contribution >= 0.6 is 0 Å². The standard InChI is InChI=1S/C12H14N4/c13-8-5-9(6-8)15-12-7-14-10-3-1-2-4-11(10)16-12/h1-4,7-9H,5-6,13H2,(H,15,16). The van der Waals surface area contributed by atoms with E-state index in [2.05, 4.69) is 15.3 Å². The van der Waals surface area contributed by atoms with Crippen molar-refractivity contribution < 1.29 is 0 Å². The maximum Gasteiger partial charge on any atom is 0.145 e. The zero-order valence-electron chi connectivity index (χ0n) is 8.93. The van der Waals surface area contributed by atoms with Crippen molar-refractivity contribution in [3.63, 3.8) is 0 Å². The van der Waals surface area contributed by atoms with Crippen molar-refractivity contribution in [2.24, 2.45) is 5.73 Å². The van der Waals surface area contributed by atoms with E-state index >= 15 is 0 Å². The Kier molecular flexibility index (Phi) is 2.22. The third kappa shape index (κ3) is 1.72. The van der Waals surface area contributed by atoms with E-state index in [0.29, 0.717) is 12.1 Å². The fourth-order valence-corrected chi connectivity index (χ4v) is 2.02. The highest BCUT2D eigenvalue weighted by molar-refractivity contribution is 5.75. The number of benzene rings is 1. The molecule has 1 fully saturated rings. The van der Waals surface area contributed by atoms with Crippen LogP contribution in [0.5, 0.6) is 0 Å². The Labute approximate surface area is 93.9 Å². The molecule has 4 heteroatoms. The summed E-state index contributed by atoms with van der Waals surface area (Å²) in [7, 11) is 0. The lowest BCUT2D eigenvalue weighted by atomic mass is 9.88. The summed E-state index contributed by atoms with van der Waals surface area (Å²) in [5, 5.41) is 3.35. The Balaban J connectivity index is 1.82. The van der Waals surface area contributed by atoms with Crippen LogP contribution in [0.25, 0.3) is 11.0 Å². The molecule has 0 atom stereocenters. The molecule has 0 amide bonds. The molecule has 0 unspecified atom stereocenters. The van der Waals surface area contributed by atoms with Crippen molar-refractivity contribution in [2.75, 3.05) is 5.32 Å². The molecule has 16 heavy (non-hydrogen) atoms. The van der Waals surface area contributed by atoms with Gasteiger partial charge in [-0.15, -0.1) is 0 Å². The predicted molar refractivity (Wildman–Crippen MR) is 64.2 cm³/mol. The van der Waals surface area contributed by atoms with Gasteiger partial charge in [0.2, 0.25) is 0 Å².